The molecule has 1 unspecified atom stereocenters. The summed E-state index contributed by atoms with van der Waals surface area (Å²) in [5.41, 5.74) is 1.90. The van der Waals surface area contributed by atoms with Crippen LogP contribution in [0.2, 0.25) is 0 Å². The Hall–Kier alpha value is -1.65. The van der Waals surface area contributed by atoms with E-state index in [1.165, 1.54) is 0 Å². The predicted molar refractivity (Wildman–Crippen MR) is 88.9 cm³/mol. The molecular weight excluding hydrogens is 276 g/mol. The minimum atomic E-state index is 0.121. The molecule has 5 heteroatoms. The number of anilines is 1. The lowest BCUT2D eigenvalue weighted by Gasteiger charge is -2.33. The molecule has 22 heavy (non-hydrogen) atoms. The highest BCUT2D eigenvalue weighted by Gasteiger charge is 2.27. The maximum Gasteiger partial charge on any atom is 0.223 e. The normalized spacial score (nSPS) is 17.6. The monoisotopic (exact) mass is 304 g/mol. The maximum absolute atomic E-state index is 12.3. The van der Waals surface area contributed by atoms with E-state index in [9.17, 15) is 4.79 Å². The quantitative estimate of drug-likeness (QED) is 0.928. The van der Waals surface area contributed by atoms with Crippen molar-refractivity contribution in [3.8, 4) is 0 Å². The molecule has 0 aromatic carbocycles. The summed E-state index contributed by atoms with van der Waals surface area (Å²) in [6.45, 7) is 12.0. The molecule has 0 aliphatic carbocycles. The fourth-order valence-corrected chi connectivity index (χ4v) is 2.69. The van der Waals surface area contributed by atoms with Gasteiger partial charge in [0.05, 0.1) is 11.4 Å². The number of piperidine rings is 1. The van der Waals surface area contributed by atoms with Crippen LogP contribution in [0, 0.1) is 25.7 Å². The van der Waals surface area contributed by atoms with Gasteiger partial charge in [-0.25, -0.2) is 4.98 Å². The van der Waals surface area contributed by atoms with Crippen LogP contribution in [0.4, 0.5) is 5.82 Å². The highest BCUT2D eigenvalue weighted by Crippen LogP contribution is 2.24. The molecule has 1 aliphatic heterocycles. The van der Waals surface area contributed by atoms with Gasteiger partial charge in [0, 0.05) is 31.2 Å². The van der Waals surface area contributed by atoms with Crippen LogP contribution in [0.25, 0.3) is 0 Å². The molecule has 5 nitrogen and oxygen atoms in total. The Kier molecular flexibility index (Phi) is 5.37. The smallest absolute Gasteiger partial charge is 0.223 e. The molecule has 1 aromatic heterocycles. The molecule has 2 heterocycles. The molecule has 1 aliphatic rings. The number of hydrogen-bond acceptors (Lipinski definition) is 4. The van der Waals surface area contributed by atoms with Crippen LogP contribution in [-0.4, -0.2) is 35.0 Å². The topological polar surface area (TPSA) is 58.1 Å². The summed E-state index contributed by atoms with van der Waals surface area (Å²) in [4.78, 5) is 23.6. The zero-order chi connectivity index (χ0) is 16.3. The van der Waals surface area contributed by atoms with Crippen molar-refractivity contribution in [1.29, 1.82) is 0 Å². The summed E-state index contributed by atoms with van der Waals surface area (Å²) >= 11 is 0. The van der Waals surface area contributed by atoms with E-state index in [-0.39, 0.29) is 17.9 Å². The van der Waals surface area contributed by atoms with Crippen LogP contribution < -0.4 is 10.2 Å². The third-order valence-electron chi connectivity index (χ3n) is 4.59. The zero-order valence-corrected chi connectivity index (χ0v) is 14.4. The predicted octanol–water partition coefficient (Wildman–Crippen LogP) is 2.47. The molecule has 0 bridgehead atoms. The van der Waals surface area contributed by atoms with Crippen LogP contribution in [0.1, 0.15) is 45.0 Å². The van der Waals surface area contributed by atoms with E-state index in [1.54, 1.807) is 6.20 Å². The Balaban J connectivity index is 1.93. The lowest BCUT2D eigenvalue weighted by Crippen LogP contribution is -2.44. The fourth-order valence-electron chi connectivity index (χ4n) is 2.69. The first kappa shape index (κ1) is 16.7. The largest absolute Gasteiger partial charge is 0.355 e. The second-order valence-electron chi connectivity index (χ2n) is 6.72. The fraction of sp³-hybridized carbons (Fsp3) is 0.706. The molecule has 1 aromatic rings. The second kappa shape index (κ2) is 7.07. The Morgan fingerprint density at radius 2 is 1.91 bits per heavy atom. The zero-order valence-electron chi connectivity index (χ0n) is 14.4. The van der Waals surface area contributed by atoms with Gasteiger partial charge in [-0.2, -0.15) is 0 Å². The number of rotatable bonds is 4. The Labute approximate surface area is 133 Å². The summed E-state index contributed by atoms with van der Waals surface area (Å²) in [7, 11) is 0. The van der Waals surface area contributed by atoms with Crippen molar-refractivity contribution in [3.63, 3.8) is 0 Å². The average Bonchev–Trinajstić information content (AvgIpc) is 2.49. The lowest BCUT2D eigenvalue weighted by atomic mass is 9.94. The second-order valence-corrected chi connectivity index (χ2v) is 6.72. The third-order valence-corrected chi connectivity index (χ3v) is 4.59. The van der Waals surface area contributed by atoms with Gasteiger partial charge in [-0.3, -0.25) is 9.78 Å². The van der Waals surface area contributed by atoms with Crippen LogP contribution in [0.5, 0.6) is 0 Å². The van der Waals surface area contributed by atoms with Gasteiger partial charge in [-0.1, -0.05) is 13.8 Å². The lowest BCUT2D eigenvalue weighted by molar-refractivity contribution is -0.126. The van der Waals surface area contributed by atoms with E-state index in [4.69, 9.17) is 0 Å². The molecule has 1 saturated heterocycles. The highest BCUT2D eigenvalue weighted by molar-refractivity contribution is 5.79. The van der Waals surface area contributed by atoms with Crippen molar-refractivity contribution in [1.82, 2.24) is 15.3 Å². The first-order valence-electron chi connectivity index (χ1n) is 8.24. The van der Waals surface area contributed by atoms with Gasteiger partial charge in [0.25, 0.3) is 0 Å². The van der Waals surface area contributed by atoms with Crippen molar-refractivity contribution in [3.05, 3.63) is 17.6 Å². The van der Waals surface area contributed by atoms with Crippen LogP contribution in [0.15, 0.2) is 6.20 Å². The first-order valence-corrected chi connectivity index (χ1v) is 8.24. The Bertz CT molecular complexity index is 521. The van der Waals surface area contributed by atoms with E-state index < -0.39 is 0 Å². The van der Waals surface area contributed by atoms with Crippen LogP contribution >= 0.6 is 0 Å². The molecule has 122 valence electrons. The van der Waals surface area contributed by atoms with Crippen molar-refractivity contribution >= 4 is 11.7 Å². The highest BCUT2D eigenvalue weighted by atomic mass is 16.1. The summed E-state index contributed by atoms with van der Waals surface area (Å²) in [6.07, 6.45) is 3.56. The number of aryl methyl sites for hydroxylation is 2. The number of nitrogens with zero attached hydrogens (tertiary/aromatic N) is 3. The average molecular weight is 304 g/mol. The van der Waals surface area contributed by atoms with Crippen molar-refractivity contribution < 1.29 is 4.79 Å². The van der Waals surface area contributed by atoms with Crippen molar-refractivity contribution in [2.45, 2.75) is 53.5 Å². The van der Waals surface area contributed by atoms with Gasteiger partial charge in [-0.05, 0) is 39.5 Å². The molecular formula is C17H28N4O. The van der Waals surface area contributed by atoms with Gasteiger partial charge >= 0.3 is 0 Å². The number of aromatic nitrogens is 2. The number of carbonyl (C=O) groups excluding carboxylic acids is 1. The number of hydrogen-bond donors (Lipinski definition) is 1. The Morgan fingerprint density at radius 1 is 1.27 bits per heavy atom. The Morgan fingerprint density at radius 3 is 2.50 bits per heavy atom. The number of nitrogens with one attached hydrogen (secondary N) is 1. The molecule has 0 saturated carbocycles. The maximum atomic E-state index is 12.3. The van der Waals surface area contributed by atoms with E-state index in [0.717, 1.165) is 43.1 Å². The summed E-state index contributed by atoms with van der Waals surface area (Å²) in [5.74, 6) is 1.76. The van der Waals surface area contributed by atoms with Gasteiger partial charge in [-0.15, -0.1) is 0 Å². The third kappa shape index (κ3) is 3.96. The van der Waals surface area contributed by atoms with Crippen molar-refractivity contribution in [2.75, 3.05) is 18.0 Å². The van der Waals surface area contributed by atoms with E-state index in [2.05, 4.69) is 41.0 Å². The molecule has 0 spiro atoms. The molecule has 0 radical (unpaired) electrons. The van der Waals surface area contributed by atoms with Gasteiger partial charge < -0.3 is 10.2 Å². The molecule has 1 fully saturated rings. The summed E-state index contributed by atoms with van der Waals surface area (Å²) in [6, 6.07) is 0.232. The van der Waals surface area contributed by atoms with E-state index in [0.29, 0.717) is 5.92 Å². The summed E-state index contributed by atoms with van der Waals surface area (Å²) in [5, 5.41) is 3.14. The standard InChI is InChI=1S/C17H28N4O/c1-11(2)13(4)20-17(22)15-6-8-21(9-7-15)16-14(5)18-10-12(3)19-16/h10-11,13,15H,6-9H2,1-5H3,(H,20,22). The minimum Gasteiger partial charge on any atom is -0.355 e. The molecule has 1 amide bonds. The first-order chi connectivity index (χ1) is 10.4. The van der Waals surface area contributed by atoms with Crippen molar-refractivity contribution in [2.24, 2.45) is 11.8 Å². The van der Waals surface area contributed by atoms with Gasteiger partial charge in [0.15, 0.2) is 0 Å². The van der Waals surface area contributed by atoms with Gasteiger partial charge in [0.2, 0.25) is 5.91 Å². The SMILES string of the molecule is Cc1cnc(C)c(N2CCC(C(=O)NC(C)C(C)C)CC2)n1. The molecule has 2 rings (SSSR count). The van der Waals surface area contributed by atoms with E-state index in [1.807, 2.05) is 13.8 Å². The summed E-state index contributed by atoms with van der Waals surface area (Å²) < 4.78 is 0. The van der Waals surface area contributed by atoms with Gasteiger partial charge in [0.1, 0.15) is 5.82 Å². The number of amides is 1. The van der Waals surface area contributed by atoms with E-state index >= 15 is 0 Å². The van der Waals surface area contributed by atoms with Crippen LogP contribution in [-0.2, 0) is 4.79 Å². The van der Waals surface area contributed by atoms with Crippen LogP contribution in [0.3, 0.4) is 0 Å². The number of carbonyl (C=O) groups is 1. The molecule has 1 atom stereocenters. The molecule has 1 N–H and O–H groups in total. The minimum absolute atomic E-state index is 0.121.